The fourth-order valence-electron chi connectivity index (χ4n) is 8.33. The van der Waals surface area contributed by atoms with E-state index in [1.54, 1.807) is 6.08 Å². The molecule has 0 saturated heterocycles. The number of hydrogen-bond donors (Lipinski definition) is 2. The van der Waals surface area contributed by atoms with Crippen molar-refractivity contribution in [2.24, 2.45) is 29.6 Å². The van der Waals surface area contributed by atoms with Crippen molar-refractivity contribution in [3.05, 3.63) is 65.3 Å². The van der Waals surface area contributed by atoms with Gasteiger partial charge in [-0.05, 0) is 112 Å². The highest BCUT2D eigenvalue weighted by molar-refractivity contribution is 5.92. The van der Waals surface area contributed by atoms with Crippen molar-refractivity contribution in [2.45, 2.75) is 148 Å². The number of benzene rings is 1. The maximum atomic E-state index is 14.8. The summed E-state index contributed by atoms with van der Waals surface area (Å²) in [6.45, 7) is 9.72. The van der Waals surface area contributed by atoms with E-state index in [9.17, 15) is 26.7 Å². The van der Waals surface area contributed by atoms with Crippen molar-refractivity contribution in [2.75, 3.05) is 5.73 Å². The fourth-order valence-corrected chi connectivity index (χ4v) is 8.33. The minimum absolute atomic E-state index is 0.0432. The van der Waals surface area contributed by atoms with Crippen LogP contribution in [0.2, 0.25) is 0 Å². The molecule has 0 bridgehead atoms. The van der Waals surface area contributed by atoms with Gasteiger partial charge in [0.2, 0.25) is 0 Å². The van der Waals surface area contributed by atoms with Gasteiger partial charge in [0.1, 0.15) is 0 Å². The maximum Gasteiger partial charge on any atom is 0.418 e. The summed E-state index contributed by atoms with van der Waals surface area (Å²) in [6, 6.07) is 2.74. The van der Waals surface area contributed by atoms with Crippen molar-refractivity contribution in [3.63, 3.8) is 0 Å². The van der Waals surface area contributed by atoms with Crippen molar-refractivity contribution in [1.29, 1.82) is 0 Å². The molecule has 0 radical (unpaired) electrons. The quantitative estimate of drug-likeness (QED) is 0.0562. The lowest BCUT2D eigenvalue weighted by atomic mass is 9.80. The van der Waals surface area contributed by atoms with E-state index in [0.29, 0.717) is 30.5 Å². The Morgan fingerprint density at radius 2 is 1.71 bits per heavy atom. The Morgan fingerprint density at radius 1 is 1.04 bits per heavy atom. The SMILES string of the molecule is C=CC(F)(F)c1cc(C[C@@H](CCCCC2CCC(C)CC2)C(=O)C=C2CCC(NC(C/C=C\C)C3CC3CC)CC2)cc(C(F)(F)F)c1N. The number of alkyl halides is 5. The van der Waals surface area contributed by atoms with E-state index in [1.165, 1.54) is 38.5 Å². The molecule has 3 saturated carbocycles. The third-order valence-corrected chi connectivity index (χ3v) is 11.7. The Morgan fingerprint density at radius 3 is 2.31 bits per heavy atom. The second kappa shape index (κ2) is 17.6. The number of unbranched alkanes of at least 4 members (excludes halogenated alkanes) is 1. The first-order valence-corrected chi connectivity index (χ1v) is 18.9. The standard InChI is InChI=1S/C41H59F5N2O/c1-5-8-13-37(34-26-31(34)6-2)48-33-20-18-29(19-21-33)25-38(49)32(12-10-9-11-28-16-14-27(4)15-17-28)22-30-23-35(40(42,43)7-3)39(47)36(24-30)41(44,45)46/h5,7-8,23-25,27-28,31-34,37,48H,3,6,9-22,26,47H2,1-2,4H3/b8-5-,29-25?/t27?,28?,31?,32-,33?,34?,37?/m1/s1. The van der Waals surface area contributed by atoms with Gasteiger partial charge < -0.3 is 11.1 Å². The number of carbonyl (C=O) groups is 1. The van der Waals surface area contributed by atoms with E-state index < -0.39 is 34.8 Å². The van der Waals surface area contributed by atoms with Gasteiger partial charge in [-0.3, -0.25) is 4.79 Å². The average molecular weight is 691 g/mol. The van der Waals surface area contributed by atoms with Crippen LogP contribution in [0.15, 0.2) is 48.6 Å². The molecule has 4 rings (SSSR count). The Bertz CT molecular complexity index is 1300. The van der Waals surface area contributed by atoms with Crippen molar-refractivity contribution in [3.8, 4) is 0 Å². The number of ketones is 1. The number of halogens is 5. The van der Waals surface area contributed by atoms with E-state index in [4.69, 9.17) is 5.73 Å². The predicted molar refractivity (Wildman–Crippen MR) is 190 cm³/mol. The van der Waals surface area contributed by atoms with Gasteiger partial charge in [0.25, 0.3) is 5.92 Å². The second-order valence-corrected chi connectivity index (χ2v) is 15.4. The zero-order valence-electron chi connectivity index (χ0n) is 29.9. The predicted octanol–water partition coefficient (Wildman–Crippen LogP) is 11.5. The molecule has 1 aromatic rings. The van der Waals surface area contributed by atoms with E-state index in [1.807, 2.05) is 0 Å². The molecule has 0 heterocycles. The number of nitrogens with one attached hydrogen (secondary N) is 1. The summed E-state index contributed by atoms with van der Waals surface area (Å²) in [5.74, 6) is -1.50. The average Bonchev–Trinajstić information content (AvgIpc) is 3.86. The highest BCUT2D eigenvalue weighted by atomic mass is 19.4. The Balaban J connectivity index is 1.47. The third kappa shape index (κ3) is 11.3. The van der Waals surface area contributed by atoms with E-state index in [0.717, 1.165) is 86.8 Å². The van der Waals surface area contributed by atoms with Crippen LogP contribution in [0.5, 0.6) is 0 Å². The van der Waals surface area contributed by atoms with Crippen LogP contribution in [0.4, 0.5) is 27.6 Å². The summed E-state index contributed by atoms with van der Waals surface area (Å²) in [5, 5.41) is 3.92. The summed E-state index contributed by atoms with van der Waals surface area (Å²) in [5.41, 5.74) is 3.55. The van der Waals surface area contributed by atoms with Crippen molar-refractivity contribution in [1.82, 2.24) is 5.32 Å². The first-order valence-electron chi connectivity index (χ1n) is 18.9. The molecular weight excluding hydrogens is 631 g/mol. The Labute approximate surface area is 291 Å². The van der Waals surface area contributed by atoms with E-state index in [-0.39, 0.29) is 17.8 Å². The Kier molecular flexibility index (Phi) is 14.1. The summed E-state index contributed by atoms with van der Waals surface area (Å²) < 4.78 is 71.4. The smallest absolute Gasteiger partial charge is 0.398 e. The summed E-state index contributed by atoms with van der Waals surface area (Å²) >= 11 is 0. The molecule has 49 heavy (non-hydrogen) atoms. The molecule has 0 spiro atoms. The summed E-state index contributed by atoms with van der Waals surface area (Å²) in [6.07, 6.45) is 16.6. The molecule has 0 aliphatic heterocycles. The van der Waals surface area contributed by atoms with Crippen LogP contribution in [-0.4, -0.2) is 17.9 Å². The van der Waals surface area contributed by atoms with Gasteiger partial charge in [0.05, 0.1) is 11.3 Å². The number of nitrogen functional groups attached to an aromatic ring is 1. The van der Waals surface area contributed by atoms with Crippen LogP contribution in [0.25, 0.3) is 0 Å². The van der Waals surface area contributed by atoms with Gasteiger partial charge in [-0.1, -0.05) is 89.5 Å². The second-order valence-electron chi connectivity index (χ2n) is 15.4. The largest absolute Gasteiger partial charge is 0.418 e. The lowest BCUT2D eigenvalue weighted by Crippen LogP contribution is -2.41. The van der Waals surface area contributed by atoms with E-state index >= 15 is 0 Å². The molecule has 8 heteroatoms. The van der Waals surface area contributed by atoms with Crippen LogP contribution in [0.1, 0.15) is 134 Å². The molecule has 3 fully saturated rings. The first-order chi connectivity index (χ1) is 23.2. The monoisotopic (exact) mass is 690 g/mol. The van der Waals surface area contributed by atoms with Crippen molar-refractivity contribution < 1.29 is 26.7 Å². The van der Waals surface area contributed by atoms with Gasteiger partial charge in [-0.25, -0.2) is 0 Å². The van der Waals surface area contributed by atoms with E-state index in [2.05, 4.69) is 44.8 Å². The lowest BCUT2D eigenvalue weighted by Gasteiger charge is -2.30. The molecular formula is C41H59F5N2O. The van der Waals surface area contributed by atoms with Gasteiger partial charge in [0, 0.05) is 23.6 Å². The van der Waals surface area contributed by atoms with Gasteiger partial charge in [-0.2, -0.15) is 22.0 Å². The third-order valence-electron chi connectivity index (χ3n) is 11.7. The number of allylic oxidation sites excluding steroid dienone is 4. The Hall–Kier alpha value is -2.48. The number of rotatable bonds is 17. The minimum atomic E-state index is -4.92. The van der Waals surface area contributed by atoms with Gasteiger partial charge in [-0.15, -0.1) is 0 Å². The molecule has 3 aliphatic carbocycles. The van der Waals surface area contributed by atoms with Gasteiger partial charge in [0.15, 0.2) is 5.78 Å². The number of anilines is 1. The topological polar surface area (TPSA) is 55.1 Å². The molecule has 3 nitrogen and oxygen atoms in total. The fraction of sp³-hybridized carbons (Fsp3) is 0.683. The number of carbonyl (C=O) groups excluding carboxylic acids is 1. The zero-order chi connectivity index (χ0) is 35.8. The van der Waals surface area contributed by atoms with Crippen LogP contribution < -0.4 is 11.1 Å². The van der Waals surface area contributed by atoms with Crippen LogP contribution in [-0.2, 0) is 23.3 Å². The van der Waals surface area contributed by atoms with Crippen LogP contribution >= 0.6 is 0 Å². The molecule has 4 atom stereocenters. The normalized spacial score (nSPS) is 26.0. The molecule has 274 valence electrons. The van der Waals surface area contributed by atoms with Gasteiger partial charge >= 0.3 is 6.18 Å². The molecule has 1 aromatic carbocycles. The molecule has 3 N–H and O–H groups in total. The summed E-state index contributed by atoms with van der Waals surface area (Å²) in [7, 11) is 0. The maximum absolute atomic E-state index is 14.8. The lowest BCUT2D eigenvalue weighted by molar-refractivity contribution is -0.137. The molecule has 3 aliphatic rings. The van der Waals surface area contributed by atoms with Crippen LogP contribution in [0, 0.1) is 29.6 Å². The van der Waals surface area contributed by atoms with Crippen LogP contribution in [0.3, 0.4) is 0 Å². The molecule has 0 amide bonds. The molecule has 0 aromatic heterocycles. The first kappa shape index (κ1) is 39.3. The number of nitrogens with two attached hydrogens (primary N) is 1. The van der Waals surface area contributed by atoms with Crippen molar-refractivity contribution >= 4 is 11.5 Å². The number of hydrogen-bond acceptors (Lipinski definition) is 3. The minimum Gasteiger partial charge on any atom is -0.398 e. The molecule has 3 unspecified atom stereocenters. The highest BCUT2D eigenvalue weighted by Crippen LogP contribution is 2.45. The highest BCUT2D eigenvalue weighted by Gasteiger charge is 2.42. The summed E-state index contributed by atoms with van der Waals surface area (Å²) in [4.78, 5) is 13.9. The zero-order valence-corrected chi connectivity index (χ0v) is 29.9.